The van der Waals surface area contributed by atoms with Crippen molar-refractivity contribution in [3.05, 3.63) is 29.8 Å². The largest absolute Gasteiger partial charge is 0.493 e. The van der Waals surface area contributed by atoms with Crippen LogP contribution in [-0.2, 0) is 5.33 Å². The van der Waals surface area contributed by atoms with E-state index in [1.807, 2.05) is 12.1 Å². The van der Waals surface area contributed by atoms with E-state index in [4.69, 9.17) is 4.74 Å². The summed E-state index contributed by atoms with van der Waals surface area (Å²) < 4.78 is 5.77. The van der Waals surface area contributed by atoms with E-state index >= 15 is 0 Å². The molecule has 0 fully saturated rings. The zero-order valence-electron chi connectivity index (χ0n) is 9.50. The van der Waals surface area contributed by atoms with Gasteiger partial charge in [-0.15, -0.1) is 0 Å². The lowest BCUT2D eigenvalue weighted by atomic mass is 10.1. The highest BCUT2D eigenvalue weighted by atomic mass is 79.9. The Hall–Kier alpha value is -0.500. The molecule has 0 saturated carbocycles. The molecule has 0 aliphatic heterocycles. The molecule has 1 nitrogen and oxygen atoms in total. The molecule has 0 radical (unpaired) electrons. The second kappa shape index (κ2) is 6.89. The van der Waals surface area contributed by atoms with Crippen LogP contribution in [0.5, 0.6) is 5.75 Å². The molecule has 0 amide bonds. The first-order chi connectivity index (χ1) is 7.30. The van der Waals surface area contributed by atoms with Gasteiger partial charge in [-0.3, -0.25) is 0 Å². The third kappa shape index (κ3) is 4.25. The standard InChI is InChI=1S/C13H19BrO/c1-3-11(4-2)10-15-13-7-5-6-12(8-13)9-14/h5-8,11H,3-4,9-10H2,1-2H3. The maximum Gasteiger partial charge on any atom is 0.119 e. The Balaban J connectivity index is 2.49. The van der Waals surface area contributed by atoms with Crippen LogP contribution in [-0.4, -0.2) is 6.61 Å². The summed E-state index contributed by atoms with van der Waals surface area (Å²) in [7, 11) is 0. The number of hydrogen-bond acceptors (Lipinski definition) is 1. The van der Waals surface area contributed by atoms with Crippen molar-refractivity contribution in [2.24, 2.45) is 5.92 Å². The van der Waals surface area contributed by atoms with E-state index in [0.717, 1.165) is 17.7 Å². The first-order valence-corrected chi connectivity index (χ1v) is 6.70. The summed E-state index contributed by atoms with van der Waals surface area (Å²) in [5.41, 5.74) is 1.26. The first kappa shape index (κ1) is 12.6. The third-order valence-corrected chi connectivity index (χ3v) is 3.34. The molecule has 0 spiro atoms. The van der Waals surface area contributed by atoms with E-state index in [0.29, 0.717) is 5.92 Å². The fraction of sp³-hybridized carbons (Fsp3) is 0.538. The molecule has 0 saturated heterocycles. The van der Waals surface area contributed by atoms with Crippen molar-refractivity contribution >= 4 is 15.9 Å². The van der Waals surface area contributed by atoms with Gasteiger partial charge >= 0.3 is 0 Å². The maximum absolute atomic E-state index is 5.77. The molecule has 0 heterocycles. The molecular weight excluding hydrogens is 252 g/mol. The number of rotatable bonds is 6. The minimum absolute atomic E-state index is 0.678. The van der Waals surface area contributed by atoms with Crippen LogP contribution in [0.1, 0.15) is 32.3 Å². The van der Waals surface area contributed by atoms with E-state index in [1.54, 1.807) is 0 Å². The van der Waals surface area contributed by atoms with Crippen LogP contribution in [0.2, 0.25) is 0 Å². The highest BCUT2D eigenvalue weighted by Gasteiger charge is 2.04. The Labute approximate surface area is 101 Å². The molecule has 0 aliphatic rings. The summed E-state index contributed by atoms with van der Waals surface area (Å²) >= 11 is 3.44. The van der Waals surface area contributed by atoms with Gasteiger partial charge < -0.3 is 4.74 Å². The minimum atomic E-state index is 0.678. The lowest BCUT2D eigenvalue weighted by Gasteiger charge is -2.14. The Morgan fingerprint density at radius 3 is 2.60 bits per heavy atom. The fourth-order valence-electron chi connectivity index (χ4n) is 1.46. The lowest BCUT2D eigenvalue weighted by molar-refractivity contribution is 0.240. The van der Waals surface area contributed by atoms with Crippen molar-refractivity contribution in [2.45, 2.75) is 32.0 Å². The van der Waals surface area contributed by atoms with E-state index in [-0.39, 0.29) is 0 Å². The topological polar surface area (TPSA) is 9.23 Å². The highest BCUT2D eigenvalue weighted by Crippen LogP contribution is 2.17. The number of halogens is 1. The zero-order valence-corrected chi connectivity index (χ0v) is 11.1. The molecule has 84 valence electrons. The summed E-state index contributed by atoms with van der Waals surface area (Å²) in [5.74, 6) is 1.66. The number of ether oxygens (including phenoxy) is 1. The van der Waals surface area contributed by atoms with Gasteiger partial charge in [0.15, 0.2) is 0 Å². The Bertz CT molecular complexity index is 282. The van der Waals surface area contributed by atoms with Crippen molar-refractivity contribution < 1.29 is 4.74 Å². The zero-order chi connectivity index (χ0) is 11.1. The molecule has 0 aliphatic carbocycles. The number of hydrogen-bond donors (Lipinski definition) is 0. The van der Waals surface area contributed by atoms with Crippen LogP contribution < -0.4 is 4.74 Å². The minimum Gasteiger partial charge on any atom is -0.493 e. The van der Waals surface area contributed by atoms with E-state index in [2.05, 4.69) is 41.9 Å². The summed E-state index contributed by atoms with van der Waals surface area (Å²) in [4.78, 5) is 0. The maximum atomic E-state index is 5.77. The van der Waals surface area contributed by atoms with Crippen LogP contribution >= 0.6 is 15.9 Å². The molecule has 1 aromatic rings. The average Bonchev–Trinajstić information content (AvgIpc) is 2.31. The molecular formula is C13H19BrO. The van der Waals surface area contributed by atoms with Crippen molar-refractivity contribution in [2.75, 3.05) is 6.61 Å². The van der Waals surface area contributed by atoms with Crippen molar-refractivity contribution in [3.63, 3.8) is 0 Å². The molecule has 1 rings (SSSR count). The van der Waals surface area contributed by atoms with Gasteiger partial charge in [0, 0.05) is 5.33 Å². The van der Waals surface area contributed by atoms with Crippen LogP contribution in [0.15, 0.2) is 24.3 Å². The third-order valence-electron chi connectivity index (χ3n) is 2.69. The predicted octanol–water partition coefficient (Wildman–Crippen LogP) is 4.40. The second-order valence-electron chi connectivity index (χ2n) is 3.77. The van der Waals surface area contributed by atoms with Gasteiger partial charge in [-0.25, -0.2) is 0 Å². The average molecular weight is 271 g/mol. The van der Waals surface area contributed by atoms with Crippen LogP contribution in [0.25, 0.3) is 0 Å². The SMILES string of the molecule is CCC(CC)COc1cccc(CBr)c1. The Morgan fingerprint density at radius 1 is 1.27 bits per heavy atom. The second-order valence-corrected chi connectivity index (χ2v) is 4.34. The van der Waals surface area contributed by atoms with E-state index in [9.17, 15) is 0 Å². The van der Waals surface area contributed by atoms with Gasteiger partial charge in [-0.1, -0.05) is 54.8 Å². The first-order valence-electron chi connectivity index (χ1n) is 5.57. The van der Waals surface area contributed by atoms with Crippen LogP contribution in [0.3, 0.4) is 0 Å². The molecule has 0 aromatic heterocycles. The van der Waals surface area contributed by atoms with Gasteiger partial charge in [0.05, 0.1) is 6.61 Å². The fourth-order valence-corrected chi connectivity index (χ4v) is 1.81. The summed E-state index contributed by atoms with van der Waals surface area (Å²) in [5, 5.41) is 0.884. The summed E-state index contributed by atoms with van der Waals surface area (Å²) in [6.45, 7) is 5.26. The van der Waals surface area contributed by atoms with Gasteiger partial charge in [0.2, 0.25) is 0 Å². The van der Waals surface area contributed by atoms with Gasteiger partial charge in [-0.2, -0.15) is 0 Å². The number of benzene rings is 1. The molecule has 15 heavy (non-hydrogen) atoms. The van der Waals surface area contributed by atoms with Crippen molar-refractivity contribution in [1.82, 2.24) is 0 Å². The summed E-state index contributed by atoms with van der Waals surface area (Å²) in [6, 6.07) is 8.25. The van der Waals surface area contributed by atoms with E-state index in [1.165, 1.54) is 18.4 Å². The Morgan fingerprint density at radius 2 is 2.00 bits per heavy atom. The van der Waals surface area contributed by atoms with Crippen molar-refractivity contribution in [3.8, 4) is 5.75 Å². The monoisotopic (exact) mass is 270 g/mol. The van der Waals surface area contributed by atoms with Crippen LogP contribution in [0, 0.1) is 5.92 Å². The smallest absolute Gasteiger partial charge is 0.119 e. The normalized spacial score (nSPS) is 10.7. The molecule has 0 atom stereocenters. The van der Waals surface area contributed by atoms with Gasteiger partial charge in [0.1, 0.15) is 5.75 Å². The van der Waals surface area contributed by atoms with Gasteiger partial charge in [-0.05, 0) is 23.6 Å². The molecule has 0 N–H and O–H groups in total. The predicted molar refractivity (Wildman–Crippen MR) is 68.6 cm³/mol. The molecule has 0 unspecified atom stereocenters. The molecule has 2 heteroatoms. The number of alkyl halides is 1. The highest BCUT2D eigenvalue weighted by molar-refractivity contribution is 9.08. The Kier molecular flexibility index (Phi) is 5.77. The van der Waals surface area contributed by atoms with E-state index < -0.39 is 0 Å². The summed E-state index contributed by atoms with van der Waals surface area (Å²) in [6.07, 6.45) is 2.38. The van der Waals surface area contributed by atoms with Crippen LogP contribution in [0.4, 0.5) is 0 Å². The lowest BCUT2D eigenvalue weighted by Crippen LogP contribution is -2.10. The van der Waals surface area contributed by atoms with Gasteiger partial charge in [0.25, 0.3) is 0 Å². The molecule has 0 bridgehead atoms. The van der Waals surface area contributed by atoms with Crippen molar-refractivity contribution in [1.29, 1.82) is 0 Å². The quantitative estimate of drug-likeness (QED) is 0.697. The molecule has 1 aromatic carbocycles.